The molecule has 0 radical (unpaired) electrons. The third-order valence-electron chi connectivity index (χ3n) is 3.30. The number of hydrogen-bond donors (Lipinski definition) is 0. The van der Waals surface area contributed by atoms with Crippen molar-refractivity contribution in [1.29, 1.82) is 0 Å². The monoisotopic (exact) mass is 343 g/mol. The van der Waals surface area contributed by atoms with Crippen LogP contribution in [-0.2, 0) is 4.74 Å². The average molecular weight is 343 g/mol. The Balaban J connectivity index is 1.90. The van der Waals surface area contributed by atoms with Crippen LogP contribution in [0, 0.1) is 10.1 Å². The van der Waals surface area contributed by atoms with Crippen LogP contribution in [0.1, 0.15) is 34.1 Å². The van der Waals surface area contributed by atoms with Crippen molar-refractivity contribution in [2.24, 2.45) is 0 Å². The van der Waals surface area contributed by atoms with Gasteiger partial charge >= 0.3 is 5.97 Å². The first kappa shape index (κ1) is 18.1. The molecule has 7 nitrogen and oxygen atoms in total. The first-order valence-electron chi connectivity index (χ1n) is 7.69. The Morgan fingerprint density at radius 3 is 2.16 bits per heavy atom. The van der Waals surface area contributed by atoms with Gasteiger partial charge in [0.15, 0.2) is 12.4 Å². The highest BCUT2D eigenvalue weighted by Gasteiger charge is 2.13. The van der Waals surface area contributed by atoms with E-state index in [2.05, 4.69) is 0 Å². The zero-order chi connectivity index (χ0) is 18.2. The van der Waals surface area contributed by atoms with Crippen molar-refractivity contribution in [1.82, 2.24) is 0 Å². The van der Waals surface area contributed by atoms with Gasteiger partial charge < -0.3 is 9.47 Å². The van der Waals surface area contributed by atoms with Crippen LogP contribution >= 0.6 is 0 Å². The zero-order valence-electron chi connectivity index (χ0n) is 13.6. The molecule has 0 N–H and O–H groups in total. The molecule has 0 aliphatic carbocycles. The van der Waals surface area contributed by atoms with Gasteiger partial charge in [-0.25, -0.2) is 4.79 Å². The fourth-order valence-corrected chi connectivity index (χ4v) is 1.97. The van der Waals surface area contributed by atoms with Crippen molar-refractivity contribution in [2.75, 3.05) is 13.2 Å². The summed E-state index contributed by atoms with van der Waals surface area (Å²) in [5.41, 5.74) is 0.431. The number of ketones is 1. The SMILES string of the molecule is CCCOc1ccc(C(=O)OCC(=O)c2ccc([N+](=O)[O-])cc2)cc1. The van der Waals surface area contributed by atoms with E-state index in [1.54, 1.807) is 24.3 Å². The molecule has 0 unspecified atom stereocenters. The molecule has 0 atom stereocenters. The molecule has 2 aromatic rings. The van der Waals surface area contributed by atoms with Crippen LogP contribution in [0.4, 0.5) is 5.69 Å². The summed E-state index contributed by atoms with van der Waals surface area (Å²) in [7, 11) is 0. The minimum Gasteiger partial charge on any atom is -0.494 e. The van der Waals surface area contributed by atoms with Gasteiger partial charge in [-0.15, -0.1) is 0 Å². The topological polar surface area (TPSA) is 95.7 Å². The number of nitro groups is 1. The van der Waals surface area contributed by atoms with Crippen LogP contribution in [-0.4, -0.2) is 29.9 Å². The summed E-state index contributed by atoms with van der Waals surface area (Å²) >= 11 is 0. The maximum absolute atomic E-state index is 12.0. The molecule has 0 bridgehead atoms. The first-order chi connectivity index (χ1) is 12.0. The van der Waals surface area contributed by atoms with E-state index in [1.165, 1.54) is 24.3 Å². The van der Waals surface area contributed by atoms with Gasteiger partial charge in [-0.05, 0) is 42.8 Å². The normalized spacial score (nSPS) is 10.1. The quantitative estimate of drug-likeness (QED) is 0.315. The third kappa shape index (κ3) is 5.13. The predicted molar refractivity (Wildman–Crippen MR) is 89.9 cm³/mol. The summed E-state index contributed by atoms with van der Waals surface area (Å²) < 4.78 is 10.4. The maximum atomic E-state index is 12.0. The van der Waals surface area contributed by atoms with Crippen LogP contribution in [0.3, 0.4) is 0 Å². The summed E-state index contributed by atoms with van der Waals surface area (Å²) in [6.45, 7) is 2.14. The minimum absolute atomic E-state index is 0.112. The molecule has 2 aromatic carbocycles. The molecular formula is C18H17NO6. The molecule has 0 aliphatic rings. The zero-order valence-corrected chi connectivity index (χ0v) is 13.6. The van der Waals surface area contributed by atoms with Gasteiger partial charge in [0.2, 0.25) is 0 Å². The molecule has 0 amide bonds. The molecule has 0 saturated carbocycles. The molecule has 2 rings (SSSR count). The second kappa shape index (κ2) is 8.58. The van der Waals surface area contributed by atoms with E-state index < -0.39 is 23.3 Å². The fourth-order valence-electron chi connectivity index (χ4n) is 1.97. The third-order valence-corrected chi connectivity index (χ3v) is 3.30. The lowest BCUT2D eigenvalue weighted by Crippen LogP contribution is -2.14. The van der Waals surface area contributed by atoms with Gasteiger partial charge in [0, 0.05) is 17.7 Å². The number of carbonyl (C=O) groups excluding carboxylic acids is 2. The largest absolute Gasteiger partial charge is 0.494 e. The summed E-state index contributed by atoms with van der Waals surface area (Å²) in [5, 5.41) is 10.6. The van der Waals surface area contributed by atoms with E-state index in [9.17, 15) is 19.7 Å². The number of ether oxygens (including phenoxy) is 2. The second-order valence-electron chi connectivity index (χ2n) is 5.18. The van der Waals surface area contributed by atoms with Gasteiger partial charge in [0.25, 0.3) is 5.69 Å². The van der Waals surface area contributed by atoms with Crippen LogP contribution in [0.2, 0.25) is 0 Å². The smallest absolute Gasteiger partial charge is 0.338 e. The Kier molecular flexibility index (Phi) is 6.22. The second-order valence-corrected chi connectivity index (χ2v) is 5.18. The Bertz CT molecular complexity index is 752. The molecular weight excluding hydrogens is 326 g/mol. The predicted octanol–water partition coefficient (Wildman–Crippen LogP) is 3.42. The Morgan fingerprint density at radius 2 is 1.60 bits per heavy atom. The van der Waals surface area contributed by atoms with Crippen molar-refractivity contribution in [3.8, 4) is 5.75 Å². The van der Waals surface area contributed by atoms with Gasteiger partial charge in [-0.3, -0.25) is 14.9 Å². The van der Waals surface area contributed by atoms with Crippen molar-refractivity contribution < 1.29 is 24.0 Å². The van der Waals surface area contributed by atoms with E-state index in [0.717, 1.165) is 6.42 Å². The molecule has 0 heterocycles. The number of rotatable bonds is 8. The van der Waals surface area contributed by atoms with E-state index in [-0.39, 0.29) is 11.3 Å². The van der Waals surface area contributed by atoms with E-state index in [1.807, 2.05) is 6.92 Å². The summed E-state index contributed by atoms with van der Waals surface area (Å²) in [4.78, 5) is 33.9. The van der Waals surface area contributed by atoms with Crippen LogP contribution in [0.25, 0.3) is 0 Å². The van der Waals surface area contributed by atoms with Gasteiger partial charge in [0.05, 0.1) is 17.1 Å². The summed E-state index contributed by atoms with van der Waals surface area (Å²) in [5.74, 6) is -0.413. The lowest BCUT2D eigenvalue weighted by molar-refractivity contribution is -0.384. The highest BCUT2D eigenvalue weighted by atomic mass is 16.6. The van der Waals surface area contributed by atoms with E-state index in [0.29, 0.717) is 17.9 Å². The van der Waals surface area contributed by atoms with Crippen molar-refractivity contribution in [2.45, 2.75) is 13.3 Å². The highest BCUT2D eigenvalue weighted by molar-refractivity contribution is 5.99. The summed E-state index contributed by atoms with van der Waals surface area (Å²) in [6.07, 6.45) is 0.883. The maximum Gasteiger partial charge on any atom is 0.338 e. The number of hydrogen-bond acceptors (Lipinski definition) is 6. The number of nitrogens with zero attached hydrogens (tertiary/aromatic N) is 1. The molecule has 0 fully saturated rings. The number of Topliss-reactive ketones (excluding diaryl/α,β-unsaturated/α-hetero) is 1. The fraction of sp³-hybridized carbons (Fsp3) is 0.222. The number of nitro benzene ring substituents is 1. The van der Waals surface area contributed by atoms with E-state index in [4.69, 9.17) is 9.47 Å². The first-order valence-corrected chi connectivity index (χ1v) is 7.69. The summed E-state index contributed by atoms with van der Waals surface area (Å²) in [6, 6.07) is 11.5. The van der Waals surface area contributed by atoms with Gasteiger partial charge in [0.1, 0.15) is 5.75 Å². The van der Waals surface area contributed by atoms with Gasteiger partial charge in [-0.1, -0.05) is 6.92 Å². The molecule has 0 spiro atoms. The number of esters is 1. The Hall–Kier alpha value is -3.22. The van der Waals surface area contributed by atoms with Crippen LogP contribution in [0.15, 0.2) is 48.5 Å². The molecule has 0 aliphatic heterocycles. The lowest BCUT2D eigenvalue weighted by Gasteiger charge is -2.06. The Morgan fingerprint density at radius 1 is 1.00 bits per heavy atom. The standard InChI is InChI=1S/C18H17NO6/c1-2-11-24-16-9-5-14(6-10-16)18(21)25-12-17(20)13-3-7-15(8-4-13)19(22)23/h3-10H,2,11-12H2,1H3. The van der Waals surface area contributed by atoms with Crippen molar-refractivity contribution >= 4 is 17.4 Å². The molecule has 0 aromatic heterocycles. The number of non-ortho nitro benzene ring substituents is 1. The van der Waals surface area contributed by atoms with Crippen molar-refractivity contribution in [3.05, 3.63) is 69.8 Å². The molecule has 0 saturated heterocycles. The minimum atomic E-state index is -0.627. The molecule has 7 heteroatoms. The van der Waals surface area contributed by atoms with Crippen molar-refractivity contribution in [3.63, 3.8) is 0 Å². The lowest BCUT2D eigenvalue weighted by atomic mass is 10.1. The number of carbonyl (C=O) groups is 2. The van der Waals surface area contributed by atoms with Gasteiger partial charge in [-0.2, -0.15) is 0 Å². The van der Waals surface area contributed by atoms with Crippen LogP contribution < -0.4 is 4.74 Å². The van der Waals surface area contributed by atoms with Crippen LogP contribution in [0.5, 0.6) is 5.75 Å². The average Bonchev–Trinajstić information content (AvgIpc) is 2.64. The Labute approximate surface area is 144 Å². The molecule has 25 heavy (non-hydrogen) atoms. The highest BCUT2D eigenvalue weighted by Crippen LogP contribution is 2.14. The van der Waals surface area contributed by atoms with E-state index >= 15 is 0 Å². The molecule has 130 valence electrons. The number of benzene rings is 2.